The van der Waals surface area contributed by atoms with Gasteiger partial charge >= 0.3 is 0 Å². The number of methoxy groups -OCH3 is 1. The van der Waals surface area contributed by atoms with Gasteiger partial charge < -0.3 is 19.5 Å². The van der Waals surface area contributed by atoms with Crippen LogP contribution >= 0.6 is 12.4 Å². The summed E-state index contributed by atoms with van der Waals surface area (Å²) < 4.78 is 16.4. The highest BCUT2D eigenvalue weighted by Crippen LogP contribution is 2.31. The van der Waals surface area contributed by atoms with Crippen LogP contribution in [-0.4, -0.2) is 39.2 Å². The highest BCUT2D eigenvalue weighted by atomic mass is 35.5. The van der Waals surface area contributed by atoms with Crippen LogP contribution in [0.5, 0.6) is 17.2 Å². The minimum Gasteiger partial charge on any atom is -0.496 e. The lowest BCUT2D eigenvalue weighted by molar-refractivity contribution is 0.0978. The van der Waals surface area contributed by atoms with Gasteiger partial charge in [0.2, 0.25) is 0 Å². The summed E-state index contributed by atoms with van der Waals surface area (Å²) in [6.45, 7) is 2.90. The predicted octanol–water partition coefficient (Wildman–Crippen LogP) is 4.07. The number of ketones is 1. The molecule has 2 aromatic carbocycles. The number of unbranched alkanes of at least 4 members (excludes halogenated alkanes) is 1. The molecule has 1 aliphatic heterocycles. The molecule has 6 heteroatoms. The van der Waals surface area contributed by atoms with Crippen LogP contribution in [0.15, 0.2) is 42.5 Å². The van der Waals surface area contributed by atoms with Crippen LogP contribution in [0.3, 0.4) is 0 Å². The molecule has 28 heavy (non-hydrogen) atoms. The number of hydrogen-bond acceptors (Lipinski definition) is 5. The zero-order valence-electron chi connectivity index (χ0n) is 16.2. The number of hydrogen-bond donors (Lipinski definition) is 1. The van der Waals surface area contributed by atoms with Gasteiger partial charge in [0.1, 0.15) is 19.0 Å². The van der Waals surface area contributed by atoms with Crippen molar-refractivity contribution in [1.29, 1.82) is 0 Å². The van der Waals surface area contributed by atoms with Gasteiger partial charge in [-0.05, 0) is 62.2 Å². The molecule has 0 amide bonds. The summed E-state index contributed by atoms with van der Waals surface area (Å²) in [7, 11) is 1.70. The maximum atomic E-state index is 12.3. The van der Waals surface area contributed by atoms with E-state index in [1.807, 2.05) is 30.3 Å². The third kappa shape index (κ3) is 6.14. The highest BCUT2D eigenvalue weighted by molar-refractivity contribution is 5.96. The standard InChI is InChI=1S/C22H27NO4.ClH/c1-25-20-8-3-2-6-17(20)11-13-23-12-5-4-7-19(24)18-9-10-21-22(16-18)27-15-14-26-21;/h2-3,6,8-10,16,23H,4-5,7,11-15H2,1H3;1H. The number of halogens is 1. The summed E-state index contributed by atoms with van der Waals surface area (Å²) in [6.07, 6.45) is 3.32. The fraction of sp³-hybridized carbons (Fsp3) is 0.409. The normalized spacial score (nSPS) is 12.2. The second kappa shape index (κ2) is 11.6. The maximum Gasteiger partial charge on any atom is 0.163 e. The summed E-state index contributed by atoms with van der Waals surface area (Å²) in [4.78, 5) is 12.3. The van der Waals surface area contributed by atoms with E-state index in [0.29, 0.717) is 30.9 Å². The van der Waals surface area contributed by atoms with Gasteiger partial charge in [0.25, 0.3) is 0 Å². The summed E-state index contributed by atoms with van der Waals surface area (Å²) >= 11 is 0. The maximum absolute atomic E-state index is 12.3. The van der Waals surface area contributed by atoms with E-state index in [1.54, 1.807) is 13.2 Å². The first-order chi connectivity index (χ1) is 13.3. The molecule has 0 spiro atoms. The molecule has 0 aromatic heterocycles. The Labute approximate surface area is 172 Å². The molecule has 1 N–H and O–H groups in total. The number of carbonyl (C=O) groups is 1. The Hall–Kier alpha value is -2.24. The number of ether oxygens (including phenoxy) is 3. The second-order valence-electron chi connectivity index (χ2n) is 6.55. The summed E-state index contributed by atoms with van der Waals surface area (Å²) in [5, 5.41) is 3.44. The Kier molecular flexibility index (Phi) is 9.11. The number of Topliss-reactive ketones (excluding diaryl/α,β-unsaturated/α-hetero) is 1. The molecule has 3 rings (SSSR count). The van der Waals surface area contributed by atoms with E-state index in [4.69, 9.17) is 14.2 Å². The quantitative estimate of drug-likeness (QED) is 0.477. The SMILES string of the molecule is COc1ccccc1CCNCCCCC(=O)c1ccc2c(c1)OCCO2.Cl. The molecule has 1 heterocycles. The topological polar surface area (TPSA) is 56.8 Å². The van der Waals surface area contributed by atoms with E-state index >= 15 is 0 Å². The minimum atomic E-state index is 0. The molecular formula is C22H28ClNO4. The molecule has 0 unspecified atom stereocenters. The summed E-state index contributed by atoms with van der Waals surface area (Å²) in [5.74, 6) is 2.48. The molecule has 1 aliphatic rings. The summed E-state index contributed by atoms with van der Waals surface area (Å²) in [5.41, 5.74) is 1.91. The van der Waals surface area contributed by atoms with Crippen molar-refractivity contribution >= 4 is 18.2 Å². The fourth-order valence-electron chi connectivity index (χ4n) is 3.15. The molecule has 0 saturated carbocycles. The van der Waals surface area contributed by atoms with Gasteiger partial charge in [-0.3, -0.25) is 4.79 Å². The van der Waals surface area contributed by atoms with Crippen LogP contribution in [0.4, 0.5) is 0 Å². The van der Waals surface area contributed by atoms with Crippen molar-refractivity contribution < 1.29 is 19.0 Å². The van der Waals surface area contributed by atoms with Crippen molar-refractivity contribution in [2.75, 3.05) is 33.4 Å². The third-order valence-corrected chi connectivity index (χ3v) is 4.64. The molecule has 152 valence electrons. The molecule has 0 bridgehead atoms. The number of carbonyl (C=O) groups excluding carboxylic acids is 1. The average Bonchev–Trinajstić information content (AvgIpc) is 2.72. The lowest BCUT2D eigenvalue weighted by Gasteiger charge is -2.18. The van der Waals surface area contributed by atoms with E-state index in [2.05, 4.69) is 11.4 Å². The van der Waals surface area contributed by atoms with Crippen LogP contribution in [-0.2, 0) is 6.42 Å². The highest BCUT2D eigenvalue weighted by Gasteiger charge is 2.14. The van der Waals surface area contributed by atoms with Gasteiger partial charge in [-0.25, -0.2) is 0 Å². The van der Waals surface area contributed by atoms with E-state index in [0.717, 1.165) is 43.9 Å². The molecule has 5 nitrogen and oxygen atoms in total. The minimum absolute atomic E-state index is 0. The van der Waals surface area contributed by atoms with E-state index < -0.39 is 0 Å². The van der Waals surface area contributed by atoms with Crippen molar-refractivity contribution in [3.05, 3.63) is 53.6 Å². The Bertz CT molecular complexity index is 766. The van der Waals surface area contributed by atoms with Crippen molar-refractivity contribution in [3.63, 3.8) is 0 Å². The number of para-hydroxylation sites is 1. The smallest absolute Gasteiger partial charge is 0.163 e. The first-order valence-corrected chi connectivity index (χ1v) is 9.53. The molecular weight excluding hydrogens is 378 g/mol. The van der Waals surface area contributed by atoms with Gasteiger partial charge in [-0.2, -0.15) is 0 Å². The fourth-order valence-corrected chi connectivity index (χ4v) is 3.15. The van der Waals surface area contributed by atoms with Gasteiger partial charge in [0.05, 0.1) is 7.11 Å². The van der Waals surface area contributed by atoms with Crippen LogP contribution < -0.4 is 19.5 Å². The van der Waals surface area contributed by atoms with Crippen LogP contribution in [0.25, 0.3) is 0 Å². The van der Waals surface area contributed by atoms with E-state index in [-0.39, 0.29) is 18.2 Å². The van der Waals surface area contributed by atoms with E-state index in [1.165, 1.54) is 5.56 Å². The monoisotopic (exact) mass is 405 g/mol. The molecule has 0 saturated heterocycles. The zero-order valence-corrected chi connectivity index (χ0v) is 17.1. The molecule has 0 radical (unpaired) electrons. The number of rotatable bonds is 10. The van der Waals surface area contributed by atoms with Crippen molar-refractivity contribution in [2.45, 2.75) is 25.7 Å². The Morgan fingerprint density at radius 3 is 2.64 bits per heavy atom. The van der Waals surface area contributed by atoms with Gasteiger partial charge in [-0.15, -0.1) is 12.4 Å². The Morgan fingerprint density at radius 2 is 1.82 bits per heavy atom. The van der Waals surface area contributed by atoms with Crippen LogP contribution in [0.2, 0.25) is 0 Å². The van der Waals surface area contributed by atoms with Crippen molar-refractivity contribution in [2.24, 2.45) is 0 Å². The van der Waals surface area contributed by atoms with Crippen LogP contribution in [0.1, 0.15) is 35.2 Å². The molecule has 0 fully saturated rings. The van der Waals surface area contributed by atoms with Crippen LogP contribution in [0, 0.1) is 0 Å². The lowest BCUT2D eigenvalue weighted by Crippen LogP contribution is -2.19. The first kappa shape index (κ1) is 22.1. The number of nitrogens with one attached hydrogen (secondary N) is 1. The first-order valence-electron chi connectivity index (χ1n) is 9.53. The Morgan fingerprint density at radius 1 is 1.04 bits per heavy atom. The van der Waals surface area contributed by atoms with Crippen molar-refractivity contribution in [1.82, 2.24) is 5.32 Å². The van der Waals surface area contributed by atoms with Gasteiger partial charge in [-0.1, -0.05) is 18.2 Å². The number of fused-ring (bicyclic) bond motifs is 1. The van der Waals surface area contributed by atoms with Gasteiger partial charge in [0.15, 0.2) is 17.3 Å². The van der Waals surface area contributed by atoms with E-state index in [9.17, 15) is 4.79 Å². The van der Waals surface area contributed by atoms with Gasteiger partial charge in [0, 0.05) is 12.0 Å². The second-order valence-corrected chi connectivity index (χ2v) is 6.55. The average molecular weight is 406 g/mol. The lowest BCUT2D eigenvalue weighted by atomic mass is 10.0. The zero-order chi connectivity index (χ0) is 18.9. The molecule has 0 aliphatic carbocycles. The molecule has 2 aromatic rings. The van der Waals surface area contributed by atoms with Crippen molar-refractivity contribution in [3.8, 4) is 17.2 Å². The number of benzene rings is 2. The predicted molar refractivity (Wildman–Crippen MR) is 112 cm³/mol. The largest absolute Gasteiger partial charge is 0.496 e. The molecule has 0 atom stereocenters. The third-order valence-electron chi connectivity index (χ3n) is 4.64. The Balaban J connectivity index is 0.00000280. The summed E-state index contributed by atoms with van der Waals surface area (Å²) in [6, 6.07) is 13.5.